The van der Waals surface area contributed by atoms with E-state index in [1.54, 1.807) is 12.1 Å². The van der Waals surface area contributed by atoms with Gasteiger partial charge in [0.2, 0.25) is 0 Å². The molecule has 1 aromatic carbocycles. The molecule has 0 aromatic heterocycles. The van der Waals surface area contributed by atoms with Crippen LogP contribution in [0.15, 0.2) is 23.1 Å². The Hall–Kier alpha value is -0.420. The second kappa shape index (κ2) is 4.00. The lowest BCUT2D eigenvalue weighted by molar-refractivity contribution is 0.563. The Morgan fingerprint density at radius 2 is 2.25 bits per heavy atom. The number of rotatable bonds is 2. The first kappa shape index (κ1) is 9.67. The van der Waals surface area contributed by atoms with Crippen molar-refractivity contribution in [3.8, 4) is 0 Å². The van der Waals surface area contributed by atoms with E-state index in [-0.39, 0.29) is 6.54 Å². The molecule has 0 radical (unpaired) electrons. The summed E-state index contributed by atoms with van der Waals surface area (Å²) in [7, 11) is 0. The molecule has 0 saturated heterocycles. The van der Waals surface area contributed by atoms with E-state index >= 15 is 0 Å². The van der Waals surface area contributed by atoms with E-state index in [0.29, 0.717) is 15.5 Å². The van der Waals surface area contributed by atoms with E-state index in [4.69, 9.17) is 21.9 Å². The minimum Gasteiger partial charge on any atom is -0.326 e. The maximum atomic E-state index is 10.7. The molecule has 66 valence electrons. The van der Waals surface area contributed by atoms with Crippen LogP contribution in [0.4, 0.5) is 0 Å². The fourth-order valence-electron chi connectivity index (χ4n) is 0.878. The normalized spacial score (nSPS) is 12.9. The van der Waals surface area contributed by atoms with Crippen molar-refractivity contribution in [1.82, 2.24) is 0 Å². The molecule has 0 aliphatic rings. The zero-order valence-corrected chi connectivity index (χ0v) is 7.73. The molecular formula is C7H8ClNO2S. The molecular weight excluding hydrogens is 198 g/mol. The standard InChI is InChI=1S/C7H8ClNO2S/c8-6-1-2-7(12(10)11)5(3-6)4-9/h1-3H,4,9H2,(H,10,11). The second-order valence-electron chi connectivity index (χ2n) is 2.21. The molecule has 1 aromatic rings. The monoisotopic (exact) mass is 205 g/mol. The zero-order valence-electron chi connectivity index (χ0n) is 6.16. The van der Waals surface area contributed by atoms with Gasteiger partial charge >= 0.3 is 0 Å². The van der Waals surface area contributed by atoms with Gasteiger partial charge in [0.15, 0.2) is 11.1 Å². The van der Waals surface area contributed by atoms with Crippen LogP contribution in [0, 0.1) is 0 Å². The van der Waals surface area contributed by atoms with Crippen molar-refractivity contribution in [1.29, 1.82) is 0 Å². The number of hydrogen-bond donors (Lipinski definition) is 2. The number of hydrogen-bond acceptors (Lipinski definition) is 2. The van der Waals surface area contributed by atoms with Gasteiger partial charge in [-0.3, -0.25) is 0 Å². The molecule has 0 saturated carbocycles. The van der Waals surface area contributed by atoms with Crippen molar-refractivity contribution in [2.45, 2.75) is 11.4 Å². The third-order valence-corrected chi connectivity index (χ3v) is 2.44. The third-order valence-electron chi connectivity index (χ3n) is 1.43. The molecule has 0 bridgehead atoms. The van der Waals surface area contributed by atoms with Gasteiger partial charge in [0, 0.05) is 11.6 Å². The van der Waals surface area contributed by atoms with E-state index in [9.17, 15) is 4.21 Å². The van der Waals surface area contributed by atoms with E-state index in [1.807, 2.05) is 0 Å². The fraction of sp³-hybridized carbons (Fsp3) is 0.143. The molecule has 0 aliphatic heterocycles. The SMILES string of the molecule is NCc1cc(Cl)ccc1S(=O)O. The zero-order chi connectivity index (χ0) is 9.14. The minimum absolute atomic E-state index is 0.211. The van der Waals surface area contributed by atoms with Gasteiger partial charge in [-0.15, -0.1) is 0 Å². The summed E-state index contributed by atoms with van der Waals surface area (Å²) >= 11 is 3.68. The molecule has 12 heavy (non-hydrogen) atoms. The van der Waals surface area contributed by atoms with E-state index in [0.717, 1.165) is 0 Å². The summed E-state index contributed by atoms with van der Waals surface area (Å²) in [5, 5.41) is 0.518. The number of halogens is 1. The Kier molecular flexibility index (Phi) is 3.22. The van der Waals surface area contributed by atoms with Gasteiger partial charge in [-0.2, -0.15) is 0 Å². The highest BCUT2D eigenvalue weighted by atomic mass is 35.5. The van der Waals surface area contributed by atoms with Gasteiger partial charge in [-0.1, -0.05) is 11.6 Å². The summed E-state index contributed by atoms with van der Waals surface area (Å²) in [5.41, 5.74) is 5.95. The molecule has 0 amide bonds. The predicted octanol–water partition coefficient (Wildman–Crippen LogP) is 1.38. The Morgan fingerprint density at radius 3 is 2.75 bits per heavy atom. The Bertz CT molecular complexity index is 316. The van der Waals surface area contributed by atoms with Crippen LogP contribution in [-0.4, -0.2) is 8.76 Å². The maximum Gasteiger partial charge on any atom is 0.186 e. The number of nitrogens with two attached hydrogens (primary N) is 1. The molecule has 0 heterocycles. The highest BCUT2D eigenvalue weighted by molar-refractivity contribution is 7.79. The highest BCUT2D eigenvalue weighted by Crippen LogP contribution is 2.17. The Labute approximate surface area is 77.8 Å². The summed E-state index contributed by atoms with van der Waals surface area (Å²) in [5.74, 6) is 0. The first-order valence-corrected chi connectivity index (χ1v) is 4.73. The summed E-state index contributed by atoms with van der Waals surface area (Å²) in [4.78, 5) is 0.321. The van der Waals surface area contributed by atoms with Crippen LogP contribution in [0.5, 0.6) is 0 Å². The first-order chi connectivity index (χ1) is 5.65. The predicted molar refractivity (Wildman–Crippen MR) is 48.4 cm³/mol. The van der Waals surface area contributed by atoms with Gasteiger partial charge in [0.05, 0.1) is 4.90 Å². The van der Waals surface area contributed by atoms with Crippen molar-refractivity contribution in [2.75, 3.05) is 0 Å². The lowest BCUT2D eigenvalue weighted by Gasteiger charge is -2.02. The lowest BCUT2D eigenvalue weighted by Crippen LogP contribution is -2.02. The van der Waals surface area contributed by atoms with Crippen LogP contribution in [-0.2, 0) is 17.6 Å². The van der Waals surface area contributed by atoms with Crippen LogP contribution in [0.2, 0.25) is 5.02 Å². The molecule has 0 spiro atoms. The molecule has 5 heteroatoms. The fourth-order valence-corrected chi connectivity index (χ4v) is 1.62. The van der Waals surface area contributed by atoms with E-state index in [1.165, 1.54) is 6.07 Å². The van der Waals surface area contributed by atoms with Crippen molar-refractivity contribution in [3.05, 3.63) is 28.8 Å². The van der Waals surface area contributed by atoms with Crippen LogP contribution >= 0.6 is 11.6 Å². The van der Waals surface area contributed by atoms with Crippen LogP contribution in [0.3, 0.4) is 0 Å². The largest absolute Gasteiger partial charge is 0.326 e. The molecule has 1 atom stereocenters. The lowest BCUT2D eigenvalue weighted by atomic mass is 10.2. The highest BCUT2D eigenvalue weighted by Gasteiger charge is 2.06. The van der Waals surface area contributed by atoms with E-state index in [2.05, 4.69) is 0 Å². The van der Waals surface area contributed by atoms with Crippen molar-refractivity contribution in [3.63, 3.8) is 0 Å². The van der Waals surface area contributed by atoms with Crippen molar-refractivity contribution >= 4 is 22.7 Å². The van der Waals surface area contributed by atoms with Crippen LogP contribution < -0.4 is 5.73 Å². The van der Waals surface area contributed by atoms with E-state index < -0.39 is 11.1 Å². The Morgan fingerprint density at radius 1 is 1.58 bits per heavy atom. The summed E-state index contributed by atoms with van der Waals surface area (Å²) < 4.78 is 19.5. The molecule has 0 aliphatic carbocycles. The number of benzene rings is 1. The smallest absolute Gasteiger partial charge is 0.186 e. The molecule has 0 fully saturated rings. The van der Waals surface area contributed by atoms with Gasteiger partial charge in [-0.05, 0) is 23.8 Å². The summed E-state index contributed by atoms with van der Waals surface area (Å²) in [6, 6.07) is 4.65. The van der Waals surface area contributed by atoms with Gasteiger partial charge in [-0.25, -0.2) is 4.21 Å². The van der Waals surface area contributed by atoms with Crippen LogP contribution in [0.25, 0.3) is 0 Å². The molecule has 3 nitrogen and oxygen atoms in total. The molecule has 1 rings (SSSR count). The third kappa shape index (κ3) is 2.04. The average Bonchev–Trinajstić information content (AvgIpc) is 2.03. The summed E-state index contributed by atoms with van der Waals surface area (Å²) in [6.07, 6.45) is 0. The average molecular weight is 206 g/mol. The molecule has 1 unspecified atom stereocenters. The second-order valence-corrected chi connectivity index (χ2v) is 3.58. The van der Waals surface area contributed by atoms with Gasteiger partial charge in [0.1, 0.15) is 0 Å². The minimum atomic E-state index is -1.99. The topological polar surface area (TPSA) is 63.3 Å². The summed E-state index contributed by atoms with van der Waals surface area (Å²) in [6.45, 7) is 0.211. The quantitative estimate of drug-likeness (QED) is 0.717. The van der Waals surface area contributed by atoms with Crippen molar-refractivity contribution < 1.29 is 8.76 Å². The van der Waals surface area contributed by atoms with Gasteiger partial charge in [0.25, 0.3) is 0 Å². The van der Waals surface area contributed by atoms with Gasteiger partial charge < -0.3 is 10.3 Å². The van der Waals surface area contributed by atoms with Crippen LogP contribution in [0.1, 0.15) is 5.56 Å². The van der Waals surface area contributed by atoms with Crippen molar-refractivity contribution in [2.24, 2.45) is 5.73 Å². The molecule has 3 N–H and O–H groups in total. The maximum absolute atomic E-state index is 10.7. The Balaban J connectivity index is 3.20. The first-order valence-electron chi connectivity index (χ1n) is 3.24.